The number of benzene rings is 1. The zero-order chi connectivity index (χ0) is 19.4. The number of ether oxygens (including phenoxy) is 1. The van der Waals surface area contributed by atoms with Crippen LogP contribution < -0.4 is 0 Å². The minimum Gasteiger partial charge on any atom is -0.378 e. The Balaban J connectivity index is 1.80. The summed E-state index contributed by atoms with van der Waals surface area (Å²) in [5, 5.41) is 0.0119. The summed E-state index contributed by atoms with van der Waals surface area (Å²) >= 11 is 6.01. The molecule has 0 unspecified atom stereocenters. The van der Waals surface area contributed by atoms with Crippen LogP contribution >= 0.6 is 11.6 Å². The van der Waals surface area contributed by atoms with Gasteiger partial charge in [0.15, 0.2) is 0 Å². The highest BCUT2D eigenvalue weighted by molar-refractivity contribution is 6.33. The third-order valence-corrected chi connectivity index (χ3v) is 4.72. The van der Waals surface area contributed by atoms with E-state index in [4.69, 9.17) is 16.3 Å². The molecule has 3 rings (SSSR count). The lowest BCUT2D eigenvalue weighted by Crippen LogP contribution is -2.39. The monoisotopic (exact) mass is 391 g/mol. The molecule has 6 nitrogen and oxygen atoms in total. The number of halogens is 2. The van der Waals surface area contributed by atoms with Crippen LogP contribution in [-0.4, -0.2) is 59.4 Å². The van der Waals surface area contributed by atoms with Crippen molar-refractivity contribution in [1.82, 2.24) is 14.8 Å². The number of carbonyl (C=O) groups excluding carboxylic acids is 2. The average Bonchev–Trinajstić information content (AvgIpc) is 2.81. The summed E-state index contributed by atoms with van der Waals surface area (Å²) in [4.78, 5) is 32.7. The number of hydrogen-bond acceptors (Lipinski definition) is 4. The topological polar surface area (TPSA) is 62.7 Å². The van der Waals surface area contributed by atoms with Crippen molar-refractivity contribution in [2.75, 3.05) is 26.7 Å². The standard InChI is InChI=1S/C19H19ClFN3O3/c1-27-15-10-23(9-13-3-2-6-22-8-13)18(25)12-24(11-15)19(26)16-5-4-14(21)7-17(16)20/h2-8,15H,9-12H2,1H3/t15-/m1/s1. The van der Waals surface area contributed by atoms with Crippen LogP contribution in [0, 0.1) is 5.82 Å². The van der Waals surface area contributed by atoms with Crippen molar-refractivity contribution in [2.24, 2.45) is 0 Å². The van der Waals surface area contributed by atoms with Crippen LogP contribution in [0.25, 0.3) is 0 Å². The first-order chi connectivity index (χ1) is 13.0. The van der Waals surface area contributed by atoms with E-state index in [-0.39, 0.29) is 35.7 Å². The normalized spacial score (nSPS) is 17.7. The lowest BCUT2D eigenvalue weighted by molar-refractivity contribution is -0.132. The first kappa shape index (κ1) is 19.3. The lowest BCUT2D eigenvalue weighted by atomic mass is 10.2. The lowest BCUT2D eigenvalue weighted by Gasteiger charge is -2.23. The number of carbonyl (C=O) groups is 2. The quantitative estimate of drug-likeness (QED) is 0.802. The zero-order valence-corrected chi connectivity index (χ0v) is 15.5. The largest absolute Gasteiger partial charge is 0.378 e. The van der Waals surface area contributed by atoms with Gasteiger partial charge in [-0.2, -0.15) is 0 Å². The fraction of sp³-hybridized carbons (Fsp3) is 0.316. The molecular formula is C19H19ClFN3O3. The fourth-order valence-electron chi connectivity index (χ4n) is 2.98. The molecule has 1 aromatic heterocycles. The molecule has 27 heavy (non-hydrogen) atoms. The minimum absolute atomic E-state index is 0.0119. The third kappa shape index (κ3) is 4.61. The zero-order valence-electron chi connectivity index (χ0n) is 14.8. The molecule has 0 bridgehead atoms. The number of rotatable bonds is 4. The summed E-state index contributed by atoms with van der Waals surface area (Å²) in [5.41, 5.74) is 1.04. The number of nitrogens with zero attached hydrogens (tertiary/aromatic N) is 3. The SMILES string of the molecule is CO[C@@H]1CN(Cc2cccnc2)C(=O)CN(C(=O)c2ccc(F)cc2Cl)C1. The molecule has 1 aromatic carbocycles. The second-order valence-electron chi connectivity index (χ2n) is 6.30. The van der Waals surface area contributed by atoms with Crippen molar-refractivity contribution in [3.05, 3.63) is 64.7 Å². The molecule has 1 fully saturated rings. The Morgan fingerprint density at radius 3 is 2.85 bits per heavy atom. The van der Waals surface area contributed by atoms with Crippen LogP contribution in [0.15, 0.2) is 42.7 Å². The molecule has 142 valence electrons. The van der Waals surface area contributed by atoms with Gasteiger partial charge in [0.05, 0.1) is 16.7 Å². The van der Waals surface area contributed by atoms with E-state index in [0.29, 0.717) is 13.1 Å². The van der Waals surface area contributed by atoms with Crippen LogP contribution in [0.2, 0.25) is 5.02 Å². The molecule has 8 heteroatoms. The highest BCUT2D eigenvalue weighted by Crippen LogP contribution is 2.21. The van der Waals surface area contributed by atoms with Crippen molar-refractivity contribution in [1.29, 1.82) is 0 Å². The van der Waals surface area contributed by atoms with Gasteiger partial charge in [0.1, 0.15) is 12.4 Å². The van der Waals surface area contributed by atoms with Crippen molar-refractivity contribution >= 4 is 23.4 Å². The van der Waals surface area contributed by atoms with Crippen molar-refractivity contribution in [2.45, 2.75) is 12.6 Å². The Labute approximate surface area is 161 Å². The molecule has 0 saturated carbocycles. The third-order valence-electron chi connectivity index (χ3n) is 4.41. The number of aromatic nitrogens is 1. The van der Waals surface area contributed by atoms with Gasteiger partial charge < -0.3 is 14.5 Å². The van der Waals surface area contributed by atoms with Gasteiger partial charge in [-0.05, 0) is 29.8 Å². The number of amides is 2. The van der Waals surface area contributed by atoms with E-state index in [1.165, 1.54) is 24.1 Å². The number of methoxy groups -OCH3 is 1. The van der Waals surface area contributed by atoms with Gasteiger partial charge in [0.2, 0.25) is 5.91 Å². The second-order valence-corrected chi connectivity index (χ2v) is 6.71. The van der Waals surface area contributed by atoms with E-state index in [1.807, 2.05) is 6.07 Å². The molecule has 2 amide bonds. The van der Waals surface area contributed by atoms with Gasteiger partial charge in [-0.25, -0.2) is 4.39 Å². The maximum absolute atomic E-state index is 13.3. The molecule has 1 saturated heterocycles. The molecule has 0 aliphatic carbocycles. The summed E-state index contributed by atoms with van der Waals surface area (Å²) in [6, 6.07) is 7.26. The summed E-state index contributed by atoms with van der Waals surface area (Å²) in [6.45, 7) is 0.863. The summed E-state index contributed by atoms with van der Waals surface area (Å²) in [5.74, 6) is -1.16. The Kier molecular flexibility index (Phi) is 6.03. The molecule has 0 spiro atoms. The van der Waals surface area contributed by atoms with Gasteiger partial charge >= 0.3 is 0 Å². The van der Waals surface area contributed by atoms with E-state index < -0.39 is 11.7 Å². The molecular weight excluding hydrogens is 373 g/mol. The predicted octanol–water partition coefficient (Wildman–Crippen LogP) is 2.37. The molecule has 0 N–H and O–H groups in total. The van der Waals surface area contributed by atoms with Crippen LogP contribution in [-0.2, 0) is 16.1 Å². The van der Waals surface area contributed by atoms with Gasteiger partial charge in [0, 0.05) is 39.1 Å². The second kappa shape index (κ2) is 8.45. The fourth-order valence-corrected chi connectivity index (χ4v) is 3.23. The van der Waals surface area contributed by atoms with E-state index in [2.05, 4.69) is 4.98 Å². The van der Waals surface area contributed by atoms with E-state index in [0.717, 1.165) is 11.6 Å². The van der Waals surface area contributed by atoms with Crippen LogP contribution in [0.3, 0.4) is 0 Å². The Hall–Kier alpha value is -2.51. The molecule has 0 radical (unpaired) electrons. The van der Waals surface area contributed by atoms with Gasteiger partial charge in [-0.15, -0.1) is 0 Å². The first-order valence-corrected chi connectivity index (χ1v) is 8.79. The van der Waals surface area contributed by atoms with Crippen LogP contribution in [0.4, 0.5) is 4.39 Å². The van der Waals surface area contributed by atoms with Gasteiger partial charge in [-0.3, -0.25) is 14.6 Å². The number of hydrogen-bond donors (Lipinski definition) is 0. The van der Waals surface area contributed by atoms with Crippen LogP contribution in [0.5, 0.6) is 0 Å². The Bertz CT molecular complexity index is 834. The Morgan fingerprint density at radius 1 is 1.37 bits per heavy atom. The van der Waals surface area contributed by atoms with E-state index >= 15 is 0 Å². The summed E-state index contributed by atoms with van der Waals surface area (Å²) in [7, 11) is 1.54. The maximum Gasteiger partial charge on any atom is 0.255 e. The average molecular weight is 392 g/mol. The molecule has 1 atom stereocenters. The summed E-state index contributed by atoms with van der Waals surface area (Å²) < 4.78 is 18.7. The van der Waals surface area contributed by atoms with E-state index in [9.17, 15) is 14.0 Å². The smallest absolute Gasteiger partial charge is 0.255 e. The molecule has 2 aromatic rings. The highest BCUT2D eigenvalue weighted by Gasteiger charge is 2.31. The van der Waals surface area contributed by atoms with Crippen molar-refractivity contribution in [3.8, 4) is 0 Å². The molecule has 1 aliphatic heterocycles. The van der Waals surface area contributed by atoms with Crippen LogP contribution in [0.1, 0.15) is 15.9 Å². The van der Waals surface area contributed by atoms with Gasteiger partial charge in [0.25, 0.3) is 5.91 Å². The molecule has 1 aliphatic rings. The number of pyridine rings is 1. The minimum atomic E-state index is -0.527. The predicted molar refractivity (Wildman–Crippen MR) is 97.8 cm³/mol. The summed E-state index contributed by atoms with van der Waals surface area (Å²) in [6.07, 6.45) is 3.01. The van der Waals surface area contributed by atoms with E-state index in [1.54, 1.807) is 23.4 Å². The van der Waals surface area contributed by atoms with Crippen molar-refractivity contribution < 1.29 is 18.7 Å². The Morgan fingerprint density at radius 2 is 2.19 bits per heavy atom. The maximum atomic E-state index is 13.3. The molecule has 2 heterocycles. The highest BCUT2D eigenvalue weighted by atomic mass is 35.5. The first-order valence-electron chi connectivity index (χ1n) is 8.41. The van der Waals surface area contributed by atoms with Gasteiger partial charge in [-0.1, -0.05) is 17.7 Å². The van der Waals surface area contributed by atoms with Crippen molar-refractivity contribution in [3.63, 3.8) is 0 Å².